The van der Waals surface area contributed by atoms with Crippen molar-refractivity contribution in [1.29, 1.82) is 0 Å². The summed E-state index contributed by atoms with van der Waals surface area (Å²) in [6, 6.07) is 23.0. The summed E-state index contributed by atoms with van der Waals surface area (Å²) in [5, 5.41) is 9.96. The van der Waals surface area contributed by atoms with Gasteiger partial charge in [0.1, 0.15) is 5.82 Å². The topological polar surface area (TPSA) is 104 Å². The Labute approximate surface area is 190 Å². The van der Waals surface area contributed by atoms with Gasteiger partial charge in [-0.2, -0.15) is 0 Å². The van der Waals surface area contributed by atoms with E-state index in [-0.39, 0.29) is 0 Å². The Morgan fingerprint density at radius 1 is 1.00 bits per heavy atom. The third kappa shape index (κ3) is 4.22. The van der Waals surface area contributed by atoms with Crippen LogP contribution < -0.4 is 5.48 Å². The Morgan fingerprint density at radius 2 is 1.88 bits per heavy atom. The molecule has 7 heteroatoms. The molecule has 0 saturated heterocycles. The van der Waals surface area contributed by atoms with E-state index in [4.69, 9.17) is 15.2 Å². The van der Waals surface area contributed by atoms with E-state index in [0.717, 1.165) is 50.6 Å². The molecule has 1 amide bonds. The maximum atomic E-state index is 11.8. The summed E-state index contributed by atoms with van der Waals surface area (Å²) < 4.78 is 0. The minimum Gasteiger partial charge on any atom is -0.340 e. The van der Waals surface area contributed by atoms with Gasteiger partial charge in [-0.15, -0.1) is 0 Å². The van der Waals surface area contributed by atoms with Crippen molar-refractivity contribution in [2.24, 2.45) is 0 Å². The van der Waals surface area contributed by atoms with Crippen molar-refractivity contribution in [3.8, 4) is 22.6 Å². The predicted octanol–water partition coefficient (Wildman–Crippen LogP) is 4.71. The first-order valence-electron chi connectivity index (χ1n) is 10.5. The lowest BCUT2D eigenvalue weighted by molar-refractivity contribution is 0.0706. The number of H-pyrrole nitrogens is 1. The molecule has 0 aliphatic rings. The Balaban J connectivity index is 1.60. The largest absolute Gasteiger partial charge is 0.340 e. The van der Waals surface area contributed by atoms with Crippen LogP contribution in [0.4, 0.5) is 0 Å². The highest BCUT2D eigenvalue weighted by atomic mass is 16.5. The van der Waals surface area contributed by atoms with Gasteiger partial charge in [-0.05, 0) is 55.0 Å². The van der Waals surface area contributed by atoms with E-state index < -0.39 is 5.91 Å². The molecule has 3 aromatic heterocycles. The van der Waals surface area contributed by atoms with Gasteiger partial charge in [0.15, 0.2) is 0 Å². The highest BCUT2D eigenvalue weighted by Gasteiger charge is 2.17. The summed E-state index contributed by atoms with van der Waals surface area (Å²) in [6.07, 6.45) is 2.27. The van der Waals surface area contributed by atoms with E-state index in [9.17, 15) is 4.79 Å². The number of hydrogen-bond acceptors (Lipinski definition) is 5. The average molecular weight is 435 g/mol. The lowest BCUT2D eigenvalue weighted by atomic mass is 10.1. The number of amides is 1. The number of aryl methyl sites for hydroxylation is 1. The number of rotatable bonds is 5. The monoisotopic (exact) mass is 435 g/mol. The zero-order chi connectivity index (χ0) is 22.8. The molecular weight excluding hydrogens is 414 g/mol. The van der Waals surface area contributed by atoms with Gasteiger partial charge in [0.2, 0.25) is 0 Å². The van der Waals surface area contributed by atoms with Crippen LogP contribution in [0.25, 0.3) is 33.5 Å². The second-order valence-electron chi connectivity index (χ2n) is 7.80. The molecule has 0 atom stereocenters. The van der Waals surface area contributed by atoms with Crippen LogP contribution in [-0.2, 0) is 6.42 Å². The Kier molecular flexibility index (Phi) is 5.38. The Morgan fingerprint density at radius 3 is 2.73 bits per heavy atom. The average Bonchev–Trinajstić information content (AvgIpc) is 3.27. The highest BCUT2D eigenvalue weighted by Crippen LogP contribution is 2.31. The molecule has 0 spiro atoms. The first-order valence-corrected chi connectivity index (χ1v) is 10.5. The van der Waals surface area contributed by atoms with E-state index in [1.54, 1.807) is 29.9 Å². The van der Waals surface area contributed by atoms with Crippen LogP contribution in [-0.4, -0.2) is 31.1 Å². The molecule has 5 rings (SSSR count). The predicted molar refractivity (Wildman–Crippen MR) is 126 cm³/mol. The molecule has 0 fully saturated rings. The van der Waals surface area contributed by atoms with E-state index in [1.165, 1.54) is 0 Å². The number of hydroxylamine groups is 1. The molecule has 0 aliphatic carbocycles. The number of carbonyl (C=O) groups excluding carboxylic acids is 1. The molecule has 162 valence electrons. The van der Waals surface area contributed by atoms with Gasteiger partial charge in [0, 0.05) is 34.8 Å². The molecule has 5 aromatic rings. The highest BCUT2D eigenvalue weighted by molar-refractivity contribution is 5.93. The van der Waals surface area contributed by atoms with Crippen LogP contribution in [0.5, 0.6) is 0 Å². The van der Waals surface area contributed by atoms with Crippen molar-refractivity contribution in [3.05, 3.63) is 102 Å². The van der Waals surface area contributed by atoms with Gasteiger partial charge < -0.3 is 4.98 Å². The van der Waals surface area contributed by atoms with Gasteiger partial charge >= 0.3 is 0 Å². The molecule has 0 radical (unpaired) electrons. The molecule has 3 N–H and O–H groups in total. The molecule has 33 heavy (non-hydrogen) atoms. The van der Waals surface area contributed by atoms with Crippen LogP contribution in [0.3, 0.4) is 0 Å². The van der Waals surface area contributed by atoms with Gasteiger partial charge in [-0.3, -0.25) is 20.0 Å². The number of aromatic nitrogens is 4. The van der Waals surface area contributed by atoms with E-state index >= 15 is 0 Å². The number of hydrogen-bond donors (Lipinski definition) is 3. The Bertz CT molecular complexity index is 1470. The fourth-order valence-corrected chi connectivity index (χ4v) is 3.89. The number of aromatic amines is 1. The fraction of sp³-hybridized carbons (Fsp3) is 0.0769. The second-order valence-corrected chi connectivity index (χ2v) is 7.80. The summed E-state index contributed by atoms with van der Waals surface area (Å²) in [4.78, 5) is 29.3. The maximum Gasteiger partial charge on any atom is 0.274 e. The van der Waals surface area contributed by atoms with Crippen molar-refractivity contribution in [2.75, 3.05) is 0 Å². The minimum absolute atomic E-state index is 0.379. The van der Waals surface area contributed by atoms with Crippen molar-refractivity contribution in [3.63, 3.8) is 0 Å². The number of fused-ring (bicyclic) bond motifs is 1. The van der Waals surface area contributed by atoms with Crippen molar-refractivity contribution in [1.82, 2.24) is 25.4 Å². The van der Waals surface area contributed by atoms with Crippen LogP contribution in [0.2, 0.25) is 0 Å². The normalized spacial score (nSPS) is 11.0. The van der Waals surface area contributed by atoms with Crippen LogP contribution >= 0.6 is 0 Å². The summed E-state index contributed by atoms with van der Waals surface area (Å²) in [5.41, 5.74) is 8.19. The van der Waals surface area contributed by atoms with Crippen molar-refractivity contribution >= 4 is 16.8 Å². The van der Waals surface area contributed by atoms with Crippen LogP contribution in [0.1, 0.15) is 27.4 Å². The molecule has 7 nitrogen and oxygen atoms in total. The molecule has 0 bridgehead atoms. The number of pyridine rings is 2. The Hall–Kier alpha value is -4.36. The lowest BCUT2D eigenvalue weighted by Gasteiger charge is -2.05. The third-order valence-electron chi connectivity index (χ3n) is 5.44. The first-order chi connectivity index (χ1) is 16.1. The number of nitrogens with zero attached hydrogens (tertiary/aromatic N) is 3. The summed E-state index contributed by atoms with van der Waals surface area (Å²) in [7, 11) is 0. The second kappa shape index (κ2) is 8.64. The minimum atomic E-state index is -0.550. The number of carbonyl (C=O) groups is 1. The van der Waals surface area contributed by atoms with Gasteiger partial charge in [-0.1, -0.05) is 30.3 Å². The van der Waals surface area contributed by atoms with Gasteiger partial charge in [-0.25, -0.2) is 10.5 Å². The molecule has 0 saturated carbocycles. The van der Waals surface area contributed by atoms with Crippen LogP contribution in [0.15, 0.2) is 79.0 Å². The maximum absolute atomic E-state index is 11.8. The van der Waals surface area contributed by atoms with Gasteiger partial charge in [0.05, 0.1) is 22.6 Å². The van der Waals surface area contributed by atoms with Crippen LogP contribution in [0, 0.1) is 6.92 Å². The van der Waals surface area contributed by atoms with Crippen molar-refractivity contribution < 1.29 is 10.0 Å². The lowest BCUT2D eigenvalue weighted by Crippen LogP contribution is -2.18. The van der Waals surface area contributed by atoms with E-state index in [1.807, 2.05) is 55.5 Å². The zero-order valence-corrected chi connectivity index (χ0v) is 17.9. The van der Waals surface area contributed by atoms with Crippen molar-refractivity contribution in [2.45, 2.75) is 13.3 Å². The third-order valence-corrected chi connectivity index (χ3v) is 5.44. The fourth-order valence-electron chi connectivity index (χ4n) is 3.89. The number of benzene rings is 2. The molecule has 0 unspecified atom stereocenters. The molecule has 2 aromatic carbocycles. The number of nitrogens with one attached hydrogen (secondary N) is 2. The molecular formula is C26H21N5O2. The smallest absolute Gasteiger partial charge is 0.274 e. The summed E-state index contributed by atoms with van der Waals surface area (Å²) in [6.45, 7) is 1.96. The zero-order valence-electron chi connectivity index (χ0n) is 17.9. The van der Waals surface area contributed by atoms with E-state index in [0.29, 0.717) is 12.0 Å². The quantitative estimate of drug-likeness (QED) is 0.274. The number of imidazole rings is 1. The SMILES string of the molecule is Cc1cccc(-c2[nH]c(Cc3cccc(C(=O)NO)c3)nc2-c2ccc3ncccc3c2)n1. The summed E-state index contributed by atoms with van der Waals surface area (Å²) >= 11 is 0. The first kappa shape index (κ1) is 20.5. The standard InChI is InChI=1S/C26H21N5O2/c1-16-5-2-9-22(28-16)25-24(19-10-11-21-18(15-19)8-4-12-27-21)29-23(30-25)14-17-6-3-7-20(13-17)26(32)31-33/h2-13,15,33H,14H2,1H3,(H,29,30)(H,31,32). The summed E-state index contributed by atoms with van der Waals surface area (Å²) in [5.74, 6) is 0.197. The van der Waals surface area contributed by atoms with E-state index in [2.05, 4.69) is 16.0 Å². The molecule has 0 aliphatic heterocycles. The van der Waals surface area contributed by atoms with Gasteiger partial charge in [0.25, 0.3) is 5.91 Å². The molecule has 3 heterocycles.